The van der Waals surface area contributed by atoms with Crippen molar-refractivity contribution in [2.75, 3.05) is 5.43 Å². The molecule has 2 aromatic heterocycles. The largest absolute Gasteiger partial charge is 0.350 e. The number of aromatic nitrogens is 3. The molecule has 0 fully saturated rings. The maximum Gasteiger partial charge on any atom is 0.350 e. The number of nitrogens with two attached hydrogens (primary N) is 1. The molecule has 3 N–H and O–H groups in total. The summed E-state index contributed by atoms with van der Waals surface area (Å²) in [5.74, 6) is 5.57. The van der Waals surface area contributed by atoms with Gasteiger partial charge in [-0.3, -0.25) is 19.5 Å². The lowest BCUT2D eigenvalue weighted by atomic mass is 10.2. The van der Waals surface area contributed by atoms with E-state index in [4.69, 9.17) is 5.84 Å². The summed E-state index contributed by atoms with van der Waals surface area (Å²) in [5, 5.41) is 10.8. The van der Waals surface area contributed by atoms with Crippen LogP contribution in [0.4, 0.5) is 11.5 Å². The number of nitrogens with zero attached hydrogens (tertiary/aromatic N) is 4. The van der Waals surface area contributed by atoms with Crippen LogP contribution in [-0.2, 0) is 13.6 Å². The van der Waals surface area contributed by atoms with Crippen molar-refractivity contribution in [1.82, 2.24) is 14.1 Å². The lowest BCUT2D eigenvalue weighted by Crippen LogP contribution is -2.39. The van der Waals surface area contributed by atoms with Crippen LogP contribution >= 0.6 is 0 Å². The lowest BCUT2D eigenvalue weighted by Gasteiger charge is -2.08. The maximum atomic E-state index is 12.0. The fourth-order valence-electron chi connectivity index (χ4n) is 1.81. The van der Waals surface area contributed by atoms with Gasteiger partial charge in [0.1, 0.15) is 5.82 Å². The number of aryl methyl sites for hydroxylation is 1. The summed E-state index contributed by atoms with van der Waals surface area (Å²) in [6.07, 6.45) is 2.35. The highest BCUT2D eigenvalue weighted by Gasteiger charge is 2.18. The quantitative estimate of drug-likeness (QED) is 0.426. The molecule has 0 bridgehead atoms. The Morgan fingerprint density at radius 2 is 2.19 bits per heavy atom. The zero-order chi connectivity index (χ0) is 15.6. The lowest BCUT2D eigenvalue weighted by molar-refractivity contribution is -0.387. The van der Waals surface area contributed by atoms with Gasteiger partial charge in [0.05, 0.1) is 17.7 Å². The first-order valence-corrected chi connectivity index (χ1v) is 5.80. The van der Waals surface area contributed by atoms with Gasteiger partial charge >= 0.3 is 16.9 Å². The molecule has 0 amide bonds. The Bertz CT molecular complexity index is 809. The predicted molar refractivity (Wildman–Crippen MR) is 73.7 cm³/mol. The van der Waals surface area contributed by atoms with E-state index in [9.17, 15) is 19.7 Å². The van der Waals surface area contributed by atoms with E-state index in [2.05, 4.69) is 10.4 Å². The van der Waals surface area contributed by atoms with Crippen LogP contribution in [-0.4, -0.2) is 19.0 Å². The van der Waals surface area contributed by atoms with Crippen LogP contribution in [0.5, 0.6) is 0 Å². The van der Waals surface area contributed by atoms with Crippen molar-refractivity contribution in [3.05, 3.63) is 61.0 Å². The average Bonchev–Trinajstić information content (AvgIpc) is 2.47. The Labute approximate surface area is 117 Å². The standard InChI is InChI=1S/C11H12N6O4/c1-15-6-8(17(20)21)10(18)16(11(15)19)5-7-2-3-13-9(4-7)14-12/h2-4,6H,5,12H2,1H3,(H,13,14). The fraction of sp³-hybridized carbons (Fsp3) is 0.182. The summed E-state index contributed by atoms with van der Waals surface area (Å²) in [5.41, 5.74) is 0.618. The number of rotatable bonds is 4. The number of nitro groups is 1. The maximum absolute atomic E-state index is 12.0. The third-order valence-electron chi connectivity index (χ3n) is 2.82. The van der Waals surface area contributed by atoms with E-state index < -0.39 is 21.9 Å². The molecule has 2 heterocycles. The van der Waals surface area contributed by atoms with Crippen molar-refractivity contribution in [1.29, 1.82) is 0 Å². The van der Waals surface area contributed by atoms with Crippen molar-refractivity contribution in [3.63, 3.8) is 0 Å². The molecule has 0 aliphatic carbocycles. The summed E-state index contributed by atoms with van der Waals surface area (Å²) in [6.45, 7) is -0.121. The monoisotopic (exact) mass is 292 g/mol. The molecule has 10 nitrogen and oxygen atoms in total. The second kappa shape index (κ2) is 5.54. The molecule has 2 aromatic rings. The van der Waals surface area contributed by atoms with E-state index in [1.165, 1.54) is 19.3 Å². The van der Waals surface area contributed by atoms with Gasteiger partial charge in [0.2, 0.25) is 0 Å². The molecule has 0 spiro atoms. The van der Waals surface area contributed by atoms with Crippen LogP contribution in [0.2, 0.25) is 0 Å². The Morgan fingerprint density at radius 1 is 1.48 bits per heavy atom. The summed E-state index contributed by atoms with van der Waals surface area (Å²) in [6, 6.07) is 3.11. The van der Waals surface area contributed by atoms with E-state index in [0.29, 0.717) is 11.4 Å². The van der Waals surface area contributed by atoms with Gasteiger partial charge in [-0.2, -0.15) is 0 Å². The summed E-state index contributed by atoms with van der Waals surface area (Å²) in [7, 11) is 1.34. The molecule has 21 heavy (non-hydrogen) atoms. The number of pyridine rings is 1. The topological polar surface area (TPSA) is 138 Å². The number of nitrogen functional groups attached to an aromatic ring is 1. The molecule has 0 radical (unpaired) electrons. The van der Waals surface area contributed by atoms with Crippen LogP contribution in [0.3, 0.4) is 0 Å². The third kappa shape index (κ3) is 2.79. The first-order valence-electron chi connectivity index (χ1n) is 5.80. The van der Waals surface area contributed by atoms with Gasteiger partial charge < -0.3 is 5.43 Å². The van der Waals surface area contributed by atoms with Crippen LogP contribution in [0.25, 0.3) is 0 Å². The summed E-state index contributed by atoms with van der Waals surface area (Å²) < 4.78 is 1.77. The molecular weight excluding hydrogens is 280 g/mol. The smallest absolute Gasteiger partial charge is 0.308 e. The Balaban J connectivity index is 2.56. The Hall–Kier alpha value is -3.01. The van der Waals surface area contributed by atoms with Crippen molar-refractivity contribution in [2.45, 2.75) is 6.54 Å². The number of anilines is 1. The molecule has 0 aromatic carbocycles. The van der Waals surface area contributed by atoms with Crippen molar-refractivity contribution in [3.8, 4) is 0 Å². The van der Waals surface area contributed by atoms with E-state index in [1.54, 1.807) is 6.07 Å². The molecule has 0 atom stereocenters. The molecule has 0 aliphatic heterocycles. The summed E-state index contributed by atoms with van der Waals surface area (Å²) >= 11 is 0. The first kappa shape index (κ1) is 14.4. The second-order valence-electron chi connectivity index (χ2n) is 4.25. The number of hydrazine groups is 1. The van der Waals surface area contributed by atoms with Gasteiger partial charge in [-0.05, 0) is 17.7 Å². The Morgan fingerprint density at radius 3 is 2.81 bits per heavy atom. The normalized spacial score (nSPS) is 10.4. The molecule has 2 rings (SSSR count). The van der Waals surface area contributed by atoms with Crippen molar-refractivity contribution in [2.24, 2.45) is 12.9 Å². The van der Waals surface area contributed by atoms with Crippen molar-refractivity contribution >= 4 is 11.5 Å². The Kier molecular flexibility index (Phi) is 3.80. The zero-order valence-corrected chi connectivity index (χ0v) is 11.0. The fourth-order valence-corrected chi connectivity index (χ4v) is 1.81. The molecular formula is C11H12N6O4. The van der Waals surface area contributed by atoms with E-state index >= 15 is 0 Å². The highest BCUT2D eigenvalue weighted by atomic mass is 16.6. The molecule has 0 saturated carbocycles. The van der Waals surface area contributed by atoms with Gasteiger partial charge in [0.25, 0.3) is 0 Å². The number of hydrogen-bond donors (Lipinski definition) is 2. The van der Waals surface area contributed by atoms with Gasteiger partial charge in [-0.1, -0.05) is 0 Å². The minimum Gasteiger partial charge on any atom is -0.308 e. The average molecular weight is 292 g/mol. The van der Waals surface area contributed by atoms with Gasteiger partial charge in [-0.25, -0.2) is 20.2 Å². The highest BCUT2D eigenvalue weighted by molar-refractivity contribution is 5.36. The van der Waals surface area contributed by atoms with E-state index in [1.807, 2.05) is 0 Å². The van der Waals surface area contributed by atoms with Gasteiger partial charge in [0, 0.05) is 13.2 Å². The number of hydrogen-bond acceptors (Lipinski definition) is 7. The first-order chi connectivity index (χ1) is 9.93. The van der Waals surface area contributed by atoms with E-state index in [-0.39, 0.29) is 6.54 Å². The minimum atomic E-state index is -0.956. The SMILES string of the molecule is Cn1cc([N+](=O)[O-])c(=O)n(Cc2ccnc(NN)c2)c1=O. The van der Waals surface area contributed by atoms with Gasteiger partial charge in [0.15, 0.2) is 0 Å². The van der Waals surface area contributed by atoms with Crippen LogP contribution < -0.4 is 22.5 Å². The highest BCUT2D eigenvalue weighted by Crippen LogP contribution is 2.07. The van der Waals surface area contributed by atoms with E-state index in [0.717, 1.165) is 15.3 Å². The van der Waals surface area contributed by atoms with Crippen LogP contribution in [0.1, 0.15) is 5.56 Å². The molecule has 0 saturated heterocycles. The second-order valence-corrected chi connectivity index (χ2v) is 4.25. The van der Waals surface area contributed by atoms with Crippen molar-refractivity contribution < 1.29 is 4.92 Å². The minimum absolute atomic E-state index is 0.121. The van der Waals surface area contributed by atoms with Gasteiger partial charge in [-0.15, -0.1) is 0 Å². The zero-order valence-electron chi connectivity index (χ0n) is 11.0. The van der Waals surface area contributed by atoms with Crippen LogP contribution in [0.15, 0.2) is 34.1 Å². The molecule has 0 unspecified atom stereocenters. The van der Waals surface area contributed by atoms with Crippen LogP contribution in [0, 0.1) is 10.1 Å². The molecule has 10 heteroatoms. The summed E-state index contributed by atoms with van der Waals surface area (Å²) in [4.78, 5) is 37.9. The molecule has 0 aliphatic rings. The molecule has 110 valence electrons. The predicted octanol–water partition coefficient (Wildman–Crippen LogP) is -0.816. The number of nitrogens with one attached hydrogen (secondary N) is 1. The third-order valence-corrected chi connectivity index (χ3v) is 2.82.